The molecule has 1 unspecified atom stereocenters. The van der Waals surface area contributed by atoms with Gasteiger partial charge < -0.3 is 5.32 Å². The SMILES string of the molecule is C=CC(=O)NC(NS(=O)(=O)c1ccccc1)C(Cl)(Cl)Cl. The standard InChI is InChI=1S/C11H11Cl3N2O3S/c1-2-9(17)15-10(11(12,13)14)16-20(18,19)8-6-4-3-5-7-8/h2-7,10,16H,1H2,(H,15,17). The van der Waals surface area contributed by atoms with Crippen molar-refractivity contribution in [2.45, 2.75) is 14.9 Å². The number of alkyl halides is 3. The Bertz CT molecular complexity index is 585. The molecule has 110 valence electrons. The Morgan fingerprint density at radius 3 is 2.25 bits per heavy atom. The molecule has 0 saturated heterocycles. The van der Waals surface area contributed by atoms with Gasteiger partial charge in [-0.3, -0.25) is 4.79 Å². The molecule has 1 amide bonds. The van der Waals surface area contributed by atoms with Crippen LogP contribution in [0.25, 0.3) is 0 Å². The molecule has 0 saturated carbocycles. The lowest BCUT2D eigenvalue weighted by atomic mass is 10.4. The van der Waals surface area contributed by atoms with Crippen molar-refractivity contribution in [2.75, 3.05) is 0 Å². The van der Waals surface area contributed by atoms with Crippen molar-refractivity contribution in [1.82, 2.24) is 10.0 Å². The molecule has 1 aromatic carbocycles. The van der Waals surface area contributed by atoms with Gasteiger partial charge in [0.15, 0.2) is 0 Å². The Labute approximate surface area is 131 Å². The van der Waals surface area contributed by atoms with Gasteiger partial charge in [0.2, 0.25) is 19.7 Å². The van der Waals surface area contributed by atoms with Crippen LogP contribution in [0, 0.1) is 0 Å². The lowest BCUT2D eigenvalue weighted by Gasteiger charge is -2.25. The predicted octanol–water partition coefficient (Wildman–Crippen LogP) is 1.96. The average molecular weight is 358 g/mol. The van der Waals surface area contributed by atoms with Crippen molar-refractivity contribution in [3.8, 4) is 0 Å². The molecule has 0 fully saturated rings. The van der Waals surface area contributed by atoms with Gasteiger partial charge in [0, 0.05) is 0 Å². The minimum absolute atomic E-state index is 0.0212. The van der Waals surface area contributed by atoms with Crippen molar-refractivity contribution in [1.29, 1.82) is 0 Å². The van der Waals surface area contributed by atoms with Gasteiger partial charge in [0.1, 0.15) is 6.17 Å². The fourth-order valence-electron chi connectivity index (χ4n) is 1.20. The van der Waals surface area contributed by atoms with E-state index in [-0.39, 0.29) is 4.90 Å². The van der Waals surface area contributed by atoms with Crippen molar-refractivity contribution in [3.05, 3.63) is 43.0 Å². The zero-order chi connectivity index (χ0) is 15.4. The van der Waals surface area contributed by atoms with Gasteiger partial charge in [0.05, 0.1) is 4.90 Å². The number of nitrogens with one attached hydrogen (secondary N) is 2. The summed E-state index contributed by atoms with van der Waals surface area (Å²) in [5.74, 6) is -0.683. The molecule has 1 atom stereocenters. The lowest BCUT2D eigenvalue weighted by molar-refractivity contribution is -0.117. The first-order valence-electron chi connectivity index (χ1n) is 5.24. The molecule has 0 radical (unpaired) electrons. The van der Waals surface area contributed by atoms with Gasteiger partial charge in [-0.05, 0) is 18.2 Å². The molecule has 0 bridgehead atoms. The van der Waals surface area contributed by atoms with E-state index < -0.39 is 25.9 Å². The van der Waals surface area contributed by atoms with E-state index in [4.69, 9.17) is 34.8 Å². The smallest absolute Gasteiger partial charge is 0.244 e. The maximum Gasteiger partial charge on any atom is 0.244 e. The minimum atomic E-state index is -3.95. The topological polar surface area (TPSA) is 75.3 Å². The van der Waals surface area contributed by atoms with Gasteiger partial charge in [0.25, 0.3) is 0 Å². The molecule has 0 aliphatic carbocycles. The molecular formula is C11H11Cl3N2O3S. The molecule has 9 heteroatoms. The highest BCUT2D eigenvalue weighted by molar-refractivity contribution is 7.89. The van der Waals surface area contributed by atoms with E-state index in [2.05, 4.69) is 16.6 Å². The third-order valence-corrected chi connectivity index (χ3v) is 4.22. The maximum atomic E-state index is 12.1. The van der Waals surface area contributed by atoms with Crippen molar-refractivity contribution < 1.29 is 13.2 Å². The van der Waals surface area contributed by atoms with Crippen molar-refractivity contribution in [3.63, 3.8) is 0 Å². The third-order valence-electron chi connectivity index (χ3n) is 2.13. The van der Waals surface area contributed by atoms with E-state index in [0.29, 0.717) is 0 Å². The fourth-order valence-corrected chi connectivity index (χ4v) is 2.92. The van der Waals surface area contributed by atoms with Crippen molar-refractivity contribution >= 4 is 50.7 Å². The predicted molar refractivity (Wildman–Crippen MR) is 79.2 cm³/mol. The summed E-state index contributed by atoms with van der Waals surface area (Å²) in [6.07, 6.45) is -0.511. The molecule has 1 rings (SSSR count). The molecule has 0 aliphatic rings. The van der Waals surface area contributed by atoms with Crippen LogP contribution in [0.15, 0.2) is 47.9 Å². The van der Waals surface area contributed by atoms with Gasteiger partial charge in [-0.1, -0.05) is 59.6 Å². The molecule has 1 aromatic rings. The Morgan fingerprint density at radius 1 is 1.25 bits per heavy atom. The first kappa shape index (κ1) is 17.3. The molecule has 0 aromatic heterocycles. The molecule has 0 aliphatic heterocycles. The number of benzene rings is 1. The number of halogens is 3. The number of amides is 1. The summed E-state index contributed by atoms with van der Waals surface area (Å²) in [5.41, 5.74) is 0. The molecule has 0 heterocycles. The van der Waals surface area contributed by atoms with Crippen LogP contribution in [-0.2, 0) is 14.8 Å². The van der Waals surface area contributed by atoms with Gasteiger partial charge in [-0.25, -0.2) is 8.42 Å². The Hall–Kier alpha value is -0.790. The third kappa shape index (κ3) is 4.96. The summed E-state index contributed by atoms with van der Waals surface area (Å²) in [7, 11) is -3.95. The Kier molecular flexibility index (Phi) is 5.85. The fraction of sp³-hybridized carbons (Fsp3) is 0.182. The Balaban J connectivity index is 3.01. The summed E-state index contributed by atoms with van der Waals surface area (Å²) in [6, 6.07) is 7.48. The summed E-state index contributed by atoms with van der Waals surface area (Å²) in [5, 5.41) is 2.19. The van der Waals surface area contributed by atoms with Crippen LogP contribution in [-0.4, -0.2) is 24.3 Å². The van der Waals surface area contributed by atoms with Crippen LogP contribution in [0.5, 0.6) is 0 Å². The second-order valence-corrected chi connectivity index (χ2v) is 7.70. The second-order valence-electron chi connectivity index (χ2n) is 3.62. The summed E-state index contributed by atoms with van der Waals surface area (Å²) >= 11 is 16.9. The highest BCUT2D eigenvalue weighted by atomic mass is 35.6. The number of hydrogen-bond acceptors (Lipinski definition) is 3. The van der Waals surface area contributed by atoms with Crippen LogP contribution in [0.4, 0.5) is 0 Å². The molecule has 5 nitrogen and oxygen atoms in total. The summed E-state index contributed by atoms with van der Waals surface area (Å²) in [6.45, 7) is 3.23. The quantitative estimate of drug-likeness (QED) is 0.480. The van der Waals surface area contributed by atoms with Gasteiger partial charge in [-0.2, -0.15) is 4.72 Å². The highest BCUT2D eigenvalue weighted by Gasteiger charge is 2.37. The van der Waals surface area contributed by atoms with Crippen LogP contribution in [0.1, 0.15) is 0 Å². The second kappa shape index (κ2) is 6.78. The van der Waals surface area contributed by atoms with E-state index >= 15 is 0 Å². The number of hydrogen-bond donors (Lipinski definition) is 2. The van der Waals surface area contributed by atoms with Gasteiger partial charge in [-0.15, -0.1) is 0 Å². The largest absolute Gasteiger partial charge is 0.332 e. The van der Waals surface area contributed by atoms with E-state index in [0.717, 1.165) is 6.08 Å². The normalized spacial score (nSPS) is 13.6. The van der Waals surface area contributed by atoms with E-state index in [9.17, 15) is 13.2 Å². The zero-order valence-corrected chi connectivity index (χ0v) is 13.1. The van der Waals surface area contributed by atoms with Crippen LogP contribution >= 0.6 is 34.8 Å². The summed E-state index contributed by atoms with van der Waals surface area (Å²) < 4.78 is 24.2. The molecule has 2 N–H and O–H groups in total. The summed E-state index contributed by atoms with van der Waals surface area (Å²) in [4.78, 5) is 11.2. The monoisotopic (exact) mass is 356 g/mol. The van der Waals surface area contributed by atoms with Crippen molar-refractivity contribution in [2.24, 2.45) is 0 Å². The number of rotatable bonds is 5. The van der Waals surface area contributed by atoms with E-state index in [1.807, 2.05) is 0 Å². The zero-order valence-electron chi connectivity index (χ0n) is 10.0. The van der Waals surface area contributed by atoms with E-state index in [1.165, 1.54) is 12.1 Å². The first-order valence-corrected chi connectivity index (χ1v) is 7.85. The molecular weight excluding hydrogens is 347 g/mol. The molecule has 0 spiro atoms. The number of sulfonamides is 1. The van der Waals surface area contributed by atoms with Crippen LogP contribution in [0.2, 0.25) is 0 Å². The molecule has 20 heavy (non-hydrogen) atoms. The van der Waals surface area contributed by atoms with Crippen LogP contribution < -0.4 is 10.0 Å². The minimum Gasteiger partial charge on any atom is -0.332 e. The average Bonchev–Trinajstić information content (AvgIpc) is 2.37. The van der Waals surface area contributed by atoms with Gasteiger partial charge >= 0.3 is 0 Å². The highest BCUT2D eigenvalue weighted by Crippen LogP contribution is 2.30. The Morgan fingerprint density at radius 2 is 1.80 bits per heavy atom. The van der Waals surface area contributed by atoms with Crippen LogP contribution in [0.3, 0.4) is 0 Å². The lowest BCUT2D eigenvalue weighted by Crippen LogP contribution is -2.54. The maximum absolute atomic E-state index is 12.1. The number of carbonyl (C=O) groups excluding carboxylic acids is 1. The van der Waals surface area contributed by atoms with E-state index in [1.54, 1.807) is 18.2 Å². The number of carbonyl (C=O) groups is 1. The first-order chi connectivity index (χ1) is 9.16.